The van der Waals surface area contributed by atoms with Gasteiger partial charge >= 0.3 is 12.3 Å². The van der Waals surface area contributed by atoms with Crippen LogP contribution in [-0.2, 0) is 9.47 Å². The van der Waals surface area contributed by atoms with Gasteiger partial charge in [0.1, 0.15) is 6.61 Å². The third kappa shape index (κ3) is 6.15. The molecular weight excluding hydrogens is 204 g/mol. The molecule has 0 saturated heterocycles. The van der Waals surface area contributed by atoms with Gasteiger partial charge in [-0.05, 0) is 13.8 Å². The van der Waals surface area contributed by atoms with E-state index < -0.39 is 19.0 Å². The van der Waals surface area contributed by atoms with Gasteiger partial charge in [-0.15, -0.1) is 0 Å². The highest BCUT2D eigenvalue weighted by Crippen LogP contribution is 2.22. The Morgan fingerprint density at radius 1 is 1.14 bits per heavy atom. The minimum Gasteiger partial charge on any atom is -0.376 e. The molecule has 0 bridgehead atoms. The smallest absolute Gasteiger partial charge is 0.330 e. The molecule has 6 heteroatoms. The molecule has 14 heavy (non-hydrogen) atoms. The van der Waals surface area contributed by atoms with Crippen molar-refractivity contribution in [1.82, 2.24) is 0 Å². The van der Waals surface area contributed by atoms with Gasteiger partial charge < -0.3 is 9.47 Å². The van der Waals surface area contributed by atoms with Crippen molar-refractivity contribution >= 4 is 0 Å². The molecule has 0 rings (SSSR count). The summed E-state index contributed by atoms with van der Waals surface area (Å²) in [5.41, 5.74) is 0. The maximum absolute atomic E-state index is 12.2. The molecule has 0 aromatic carbocycles. The maximum atomic E-state index is 12.2. The third-order valence-corrected chi connectivity index (χ3v) is 1.29. The number of ether oxygens (including phenoxy) is 2. The molecule has 0 amide bonds. The lowest BCUT2D eigenvalue weighted by Gasteiger charge is -2.15. The van der Waals surface area contributed by atoms with Crippen LogP contribution >= 0.6 is 0 Å². The van der Waals surface area contributed by atoms with E-state index in [2.05, 4.69) is 4.74 Å². The standard InChI is InChI=1S/C8H14F4O2/c1-6(2)14-4-3-13-5-8(11,12)7(9)10/h6-7H,3-5H2,1-2H3. The zero-order valence-electron chi connectivity index (χ0n) is 8.10. The van der Waals surface area contributed by atoms with E-state index in [4.69, 9.17) is 4.74 Å². The van der Waals surface area contributed by atoms with Gasteiger partial charge in [-0.3, -0.25) is 0 Å². The number of hydrogen-bond acceptors (Lipinski definition) is 2. The summed E-state index contributed by atoms with van der Waals surface area (Å²) in [5, 5.41) is 0. The molecule has 0 unspecified atom stereocenters. The van der Waals surface area contributed by atoms with Crippen molar-refractivity contribution in [3.05, 3.63) is 0 Å². The van der Waals surface area contributed by atoms with Crippen molar-refractivity contribution in [1.29, 1.82) is 0 Å². The van der Waals surface area contributed by atoms with Gasteiger partial charge in [0.25, 0.3) is 0 Å². The SMILES string of the molecule is CC(C)OCCOCC(F)(F)C(F)F. The van der Waals surface area contributed by atoms with Gasteiger partial charge in [-0.1, -0.05) is 0 Å². The lowest BCUT2D eigenvalue weighted by atomic mass is 10.4. The molecule has 0 aliphatic heterocycles. The topological polar surface area (TPSA) is 18.5 Å². The minimum absolute atomic E-state index is 0.0331. The molecule has 0 spiro atoms. The summed E-state index contributed by atoms with van der Waals surface area (Å²) in [5.74, 6) is -4.07. The van der Waals surface area contributed by atoms with Crippen molar-refractivity contribution in [2.24, 2.45) is 0 Å². The van der Waals surface area contributed by atoms with Crippen molar-refractivity contribution < 1.29 is 27.0 Å². The average Bonchev–Trinajstić information content (AvgIpc) is 2.02. The van der Waals surface area contributed by atoms with E-state index in [9.17, 15) is 17.6 Å². The Morgan fingerprint density at radius 3 is 2.14 bits per heavy atom. The highest BCUT2D eigenvalue weighted by molar-refractivity contribution is 4.67. The summed E-state index contributed by atoms with van der Waals surface area (Å²) in [7, 11) is 0. The molecule has 0 radical (unpaired) electrons. The van der Waals surface area contributed by atoms with Crippen LogP contribution in [0.15, 0.2) is 0 Å². The van der Waals surface area contributed by atoms with Crippen LogP contribution in [0.25, 0.3) is 0 Å². The highest BCUT2D eigenvalue weighted by Gasteiger charge is 2.40. The van der Waals surface area contributed by atoms with Crippen LogP contribution in [0, 0.1) is 0 Å². The van der Waals surface area contributed by atoms with Gasteiger partial charge in [0.05, 0.1) is 19.3 Å². The van der Waals surface area contributed by atoms with Crippen LogP contribution in [-0.4, -0.2) is 38.3 Å². The fourth-order valence-corrected chi connectivity index (χ4v) is 0.614. The average molecular weight is 218 g/mol. The Kier molecular flexibility index (Phi) is 6.03. The number of alkyl halides is 4. The summed E-state index contributed by atoms with van der Waals surface area (Å²) >= 11 is 0. The van der Waals surface area contributed by atoms with E-state index in [1.54, 1.807) is 13.8 Å². The molecule has 0 aromatic heterocycles. The first-order chi connectivity index (χ1) is 6.36. The number of hydrogen-bond donors (Lipinski definition) is 0. The van der Waals surface area contributed by atoms with Crippen LogP contribution in [0.3, 0.4) is 0 Å². The lowest BCUT2D eigenvalue weighted by molar-refractivity contribution is -0.168. The van der Waals surface area contributed by atoms with Gasteiger partial charge in [0.15, 0.2) is 0 Å². The zero-order chi connectivity index (χ0) is 11.2. The lowest BCUT2D eigenvalue weighted by Crippen LogP contribution is -2.32. The van der Waals surface area contributed by atoms with E-state index in [-0.39, 0.29) is 19.3 Å². The molecule has 0 fully saturated rings. The summed E-state index contributed by atoms with van der Waals surface area (Å²) < 4.78 is 56.9. The molecular formula is C8H14F4O2. The fraction of sp³-hybridized carbons (Fsp3) is 1.00. The second-order valence-electron chi connectivity index (χ2n) is 3.03. The quantitative estimate of drug-likeness (QED) is 0.482. The van der Waals surface area contributed by atoms with Gasteiger partial charge in [-0.2, -0.15) is 8.78 Å². The van der Waals surface area contributed by atoms with E-state index in [1.165, 1.54) is 0 Å². The summed E-state index contributed by atoms with van der Waals surface area (Å²) in [4.78, 5) is 0. The highest BCUT2D eigenvalue weighted by atomic mass is 19.3. The number of halogens is 4. The van der Waals surface area contributed by atoms with Crippen LogP contribution in [0.5, 0.6) is 0 Å². The molecule has 0 atom stereocenters. The van der Waals surface area contributed by atoms with Crippen LogP contribution < -0.4 is 0 Å². The van der Waals surface area contributed by atoms with Crippen LogP contribution in [0.1, 0.15) is 13.8 Å². The van der Waals surface area contributed by atoms with Crippen molar-refractivity contribution in [2.45, 2.75) is 32.3 Å². The second-order valence-corrected chi connectivity index (χ2v) is 3.03. The Labute approximate surface area is 80.2 Å². The molecule has 2 nitrogen and oxygen atoms in total. The number of rotatable bonds is 7. The van der Waals surface area contributed by atoms with Gasteiger partial charge in [0.2, 0.25) is 0 Å². The van der Waals surface area contributed by atoms with Crippen LogP contribution in [0.4, 0.5) is 17.6 Å². The minimum atomic E-state index is -4.07. The molecule has 86 valence electrons. The predicted molar refractivity (Wildman–Crippen MR) is 42.9 cm³/mol. The van der Waals surface area contributed by atoms with E-state index >= 15 is 0 Å². The first-order valence-corrected chi connectivity index (χ1v) is 4.21. The van der Waals surface area contributed by atoms with Crippen molar-refractivity contribution in [3.8, 4) is 0 Å². The van der Waals surface area contributed by atoms with Gasteiger partial charge in [-0.25, -0.2) is 8.78 Å². The van der Waals surface area contributed by atoms with Crippen LogP contribution in [0.2, 0.25) is 0 Å². The van der Waals surface area contributed by atoms with E-state index in [0.29, 0.717) is 0 Å². The molecule has 0 aliphatic carbocycles. The predicted octanol–water partition coefficient (Wildman–Crippen LogP) is 2.33. The van der Waals surface area contributed by atoms with E-state index in [0.717, 1.165) is 0 Å². The molecule has 0 heterocycles. The molecule has 0 aromatic rings. The Bertz CT molecular complexity index is 150. The van der Waals surface area contributed by atoms with E-state index in [1.807, 2.05) is 0 Å². The monoisotopic (exact) mass is 218 g/mol. The summed E-state index contributed by atoms with van der Waals surface area (Å²) in [6.07, 6.45) is -3.72. The zero-order valence-corrected chi connectivity index (χ0v) is 8.10. The van der Waals surface area contributed by atoms with Crippen molar-refractivity contribution in [3.63, 3.8) is 0 Å². The second kappa shape index (κ2) is 6.19. The Hall–Kier alpha value is -0.360. The Morgan fingerprint density at radius 2 is 1.71 bits per heavy atom. The van der Waals surface area contributed by atoms with Gasteiger partial charge in [0, 0.05) is 0 Å². The van der Waals surface area contributed by atoms with Crippen molar-refractivity contribution in [2.75, 3.05) is 19.8 Å². The Balaban J connectivity index is 3.45. The largest absolute Gasteiger partial charge is 0.376 e. The maximum Gasteiger partial charge on any atom is 0.330 e. The first kappa shape index (κ1) is 13.6. The normalized spacial score (nSPS) is 12.9. The molecule has 0 aliphatic rings. The summed E-state index contributed by atoms with van der Waals surface area (Å²) in [6.45, 7) is 2.28. The fourth-order valence-electron chi connectivity index (χ4n) is 0.614. The molecule has 0 saturated carbocycles. The summed E-state index contributed by atoms with van der Waals surface area (Å²) in [6, 6.07) is 0. The third-order valence-electron chi connectivity index (χ3n) is 1.29. The molecule has 0 N–H and O–H groups in total. The first-order valence-electron chi connectivity index (χ1n) is 4.21.